The van der Waals surface area contributed by atoms with E-state index in [-0.39, 0.29) is 5.91 Å². The molecule has 1 aromatic rings. The quantitative estimate of drug-likeness (QED) is 0.853. The number of carboxylic acids is 1. The molecule has 0 fully saturated rings. The molecule has 2 rings (SSSR count). The van der Waals surface area contributed by atoms with Crippen molar-refractivity contribution in [1.82, 2.24) is 9.88 Å². The minimum absolute atomic E-state index is 0.121. The summed E-state index contributed by atoms with van der Waals surface area (Å²) in [5.74, 6) is -2.10. The van der Waals surface area contributed by atoms with E-state index in [9.17, 15) is 14.7 Å². The Morgan fingerprint density at radius 3 is 2.68 bits per heavy atom. The highest BCUT2D eigenvalue weighted by Crippen LogP contribution is 2.27. The molecule has 0 bridgehead atoms. The van der Waals surface area contributed by atoms with Crippen molar-refractivity contribution in [3.8, 4) is 0 Å². The molecule has 1 aromatic heterocycles. The van der Waals surface area contributed by atoms with Crippen molar-refractivity contribution in [2.75, 3.05) is 7.05 Å². The molecule has 0 saturated heterocycles. The molecular weight excluding hydrogens is 264 g/mol. The van der Waals surface area contributed by atoms with Crippen LogP contribution in [0, 0.1) is 11.8 Å². The number of carboxylic acid groups (broad SMARTS) is 1. The van der Waals surface area contributed by atoms with Gasteiger partial charge in [0.25, 0.3) is 0 Å². The van der Waals surface area contributed by atoms with Gasteiger partial charge in [-0.3, -0.25) is 9.59 Å². The third kappa shape index (κ3) is 3.20. The summed E-state index contributed by atoms with van der Waals surface area (Å²) in [6, 6.07) is 0. The van der Waals surface area contributed by atoms with E-state index in [1.807, 2.05) is 17.5 Å². The predicted octanol–water partition coefficient (Wildman–Crippen LogP) is 1.77. The number of nitrogens with zero attached hydrogens (tertiary/aromatic N) is 2. The van der Waals surface area contributed by atoms with E-state index in [0.29, 0.717) is 19.4 Å². The van der Waals surface area contributed by atoms with Gasteiger partial charge < -0.3 is 10.0 Å². The van der Waals surface area contributed by atoms with Gasteiger partial charge in [0.05, 0.1) is 29.6 Å². The molecule has 1 amide bonds. The van der Waals surface area contributed by atoms with E-state index >= 15 is 0 Å². The standard InChI is InChI=1S/C13H16N2O3S/c1-15(6-9-7-19-8-14-9)12(16)10-4-2-3-5-11(10)13(17)18/h2-3,7-8,10-11H,4-6H2,1H3,(H,17,18). The third-order valence-electron chi connectivity index (χ3n) is 3.33. The summed E-state index contributed by atoms with van der Waals surface area (Å²) in [5.41, 5.74) is 2.55. The van der Waals surface area contributed by atoms with Crippen LogP contribution in [0.3, 0.4) is 0 Å². The minimum Gasteiger partial charge on any atom is -0.481 e. The Morgan fingerprint density at radius 2 is 2.11 bits per heavy atom. The Balaban J connectivity index is 2.05. The molecule has 2 atom stereocenters. The second-order valence-corrected chi connectivity index (χ2v) is 5.39. The van der Waals surface area contributed by atoms with Gasteiger partial charge >= 0.3 is 5.97 Å². The van der Waals surface area contributed by atoms with Crippen LogP contribution in [0.2, 0.25) is 0 Å². The molecule has 19 heavy (non-hydrogen) atoms. The highest BCUT2D eigenvalue weighted by atomic mass is 32.1. The van der Waals surface area contributed by atoms with Crippen LogP contribution >= 0.6 is 11.3 Å². The van der Waals surface area contributed by atoms with E-state index in [4.69, 9.17) is 0 Å². The SMILES string of the molecule is CN(Cc1cscn1)C(=O)C1CC=CCC1C(=O)O. The van der Waals surface area contributed by atoms with Gasteiger partial charge in [-0.2, -0.15) is 0 Å². The highest BCUT2D eigenvalue weighted by Gasteiger charge is 2.35. The topological polar surface area (TPSA) is 70.5 Å². The van der Waals surface area contributed by atoms with Crippen molar-refractivity contribution in [3.63, 3.8) is 0 Å². The van der Waals surface area contributed by atoms with Gasteiger partial charge in [-0.1, -0.05) is 12.2 Å². The number of amides is 1. The normalized spacial score (nSPS) is 22.2. The number of allylic oxidation sites excluding steroid dienone is 2. The molecule has 2 unspecified atom stereocenters. The molecule has 6 heteroatoms. The van der Waals surface area contributed by atoms with Crippen LogP contribution in [0.15, 0.2) is 23.0 Å². The maximum atomic E-state index is 12.3. The van der Waals surface area contributed by atoms with Crippen molar-refractivity contribution in [1.29, 1.82) is 0 Å². The average molecular weight is 280 g/mol. The molecule has 1 N–H and O–H groups in total. The zero-order chi connectivity index (χ0) is 13.8. The zero-order valence-corrected chi connectivity index (χ0v) is 11.5. The van der Waals surface area contributed by atoms with Crippen molar-refractivity contribution in [2.45, 2.75) is 19.4 Å². The summed E-state index contributed by atoms with van der Waals surface area (Å²) in [5, 5.41) is 11.1. The summed E-state index contributed by atoms with van der Waals surface area (Å²) in [6.45, 7) is 0.425. The van der Waals surface area contributed by atoms with E-state index in [1.54, 1.807) is 17.5 Å². The smallest absolute Gasteiger partial charge is 0.307 e. The first kappa shape index (κ1) is 13.7. The maximum Gasteiger partial charge on any atom is 0.307 e. The van der Waals surface area contributed by atoms with E-state index in [1.165, 1.54) is 11.3 Å². The molecule has 5 nitrogen and oxygen atoms in total. The zero-order valence-electron chi connectivity index (χ0n) is 10.7. The number of carbonyl (C=O) groups excluding carboxylic acids is 1. The molecule has 1 aliphatic rings. The van der Waals surface area contributed by atoms with Gasteiger partial charge in [0, 0.05) is 12.4 Å². The number of hydrogen-bond donors (Lipinski definition) is 1. The molecule has 0 aromatic carbocycles. The molecule has 0 saturated carbocycles. The van der Waals surface area contributed by atoms with Gasteiger partial charge in [-0.05, 0) is 12.8 Å². The maximum absolute atomic E-state index is 12.3. The first-order chi connectivity index (χ1) is 9.09. The number of aliphatic carboxylic acids is 1. The Morgan fingerprint density at radius 1 is 1.42 bits per heavy atom. The molecule has 0 radical (unpaired) electrons. The average Bonchev–Trinajstić information content (AvgIpc) is 2.90. The Labute approximate surface area is 115 Å². The summed E-state index contributed by atoms with van der Waals surface area (Å²) in [7, 11) is 1.69. The largest absolute Gasteiger partial charge is 0.481 e. The van der Waals surface area contributed by atoms with Crippen LogP contribution in [0.4, 0.5) is 0 Å². The summed E-state index contributed by atoms with van der Waals surface area (Å²) < 4.78 is 0. The van der Waals surface area contributed by atoms with E-state index < -0.39 is 17.8 Å². The van der Waals surface area contributed by atoms with Gasteiger partial charge in [0.2, 0.25) is 5.91 Å². The lowest BCUT2D eigenvalue weighted by Gasteiger charge is -2.28. The summed E-state index contributed by atoms with van der Waals surface area (Å²) >= 11 is 1.48. The molecule has 1 heterocycles. The third-order valence-corrected chi connectivity index (χ3v) is 3.96. The molecule has 1 aliphatic carbocycles. The molecule has 102 valence electrons. The number of aromatic nitrogens is 1. The predicted molar refractivity (Wildman–Crippen MR) is 71.6 cm³/mol. The van der Waals surface area contributed by atoms with Crippen molar-refractivity contribution in [3.05, 3.63) is 28.7 Å². The minimum atomic E-state index is -0.898. The molecule has 0 spiro atoms. The second kappa shape index (κ2) is 5.97. The summed E-state index contributed by atoms with van der Waals surface area (Å²) in [4.78, 5) is 29.2. The van der Waals surface area contributed by atoms with Crippen LogP contribution in [0.25, 0.3) is 0 Å². The fourth-order valence-corrected chi connectivity index (χ4v) is 2.83. The Kier molecular flexibility index (Phi) is 4.31. The van der Waals surface area contributed by atoms with Crippen LogP contribution in [-0.2, 0) is 16.1 Å². The van der Waals surface area contributed by atoms with Crippen LogP contribution in [0.1, 0.15) is 18.5 Å². The van der Waals surface area contributed by atoms with Gasteiger partial charge in [0.15, 0.2) is 0 Å². The van der Waals surface area contributed by atoms with Crippen molar-refractivity contribution >= 4 is 23.2 Å². The van der Waals surface area contributed by atoms with Gasteiger partial charge in [0.1, 0.15) is 0 Å². The first-order valence-corrected chi connectivity index (χ1v) is 7.03. The van der Waals surface area contributed by atoms with E-state index in [2.05, 4.69) is 4.98 Å². The molecule has 0 aliphatic heterocycles. The second-order valence-electron chi connectivity index (χ2n) is 4.67. The van der Waals surface area contributed by atoms with Crippen LogP contribution < -0.4 is 0 Å². The highest BCUT2D eigenvalue weighted by molar-refractivity contribution is 7.07. The van der Waals surface area contributed by atoms with Crippen molar-refractivity contribution in [2.24, 2.45) is 11.8 Å². The lowest BCUT2D eigenvalue weighted by atomic mass is 9.82. The monoisotopic (exact) mass is 280 g/mol. The lowest BCUT2D eigenvalue weighted by molar-refractivity contribution is -0.150. The van der Waals surface area contributed by atoms with Crippen LogP contribution in [0.5, 0.6) is 0 Å². The number of carbonyl (C=O) groups is 2. The van der Waals surface area contributed by atoms with Gasteiger partial charge in [-0.15, -0.1) is 11.3 Å². The Bertz CT molecular complexity index is 484. The van der Waals surface area contributed by atoms with Crippen LogP contribution in [-0.4, -0.2) is 33.9 Å². The fraction of sp³-hybridized carbons (Fsp3) is 0.462. The number of rotatable bonds is 4. The number of hydrogen-bond acceptors (Lipinski definition) is 4. The lowest BCUT2D eigenvalue weighted by Crippen LogP contribution is -2.39. The first-order valence-electron chi connectivity index (χ1n) is 6.09. The number of thiazole rings is 1. The molecular formula is C13H16N2O3S. The van der Waals surface area contributed by atoms with Gasteiger partial charge in [-0.25, -0.2) is 4.98 Å². The Hall–Kier alpha value is -1.69. The summed E-state index contributed by atoms with van der Waals surface area (Å²) in [6.07, 6.45) is 4.65. The fourth-order valence-electron chi connectivity index (χ4n) is 2.28. The van der Waals surface area contributed by atoms with E-state index in [0.717, 1.165) is 5.69 Å². The van der Waals surface area contributed by atoms with Crippen molar-refractivity contribution < 1.29 is 14.7 Å².